The number of phenols is 2. The zero-order chi connectivity index (χ0) is 12.5. The van der Waals surface area contributed by atoms with Crippen LogP contribution in [0.2, 0.25) is 0 Å². The highest BCUT2D eigenvalue weighted by molar-refractivity contribution is 5.68. The summed E-state index contributed by atoms with van der Waals surface area (Å²) in [5, 5.41) is 27.1. The van der Waals surface area contributed by atoms with E-state index >= 15 is 0 Å². The summed E-state index contributed by atoms with van der Waals surface area (Å²) in [6.07, 6.45) is -0.433. The van der Waals surface area contributed by atoms with Gasteiger partial charge in [-0.1, -0.05) is 0 Å². The van der Waals surface area contributed by atoms with E-state index in [2.05, 4.69) is 0 Å². The van der Waals surface area contributed by atoms with Crippen molar-refractivity contribution in [2.24, 2.45) is 5.73 Å². The first-order chi connectivity index (χ1) is 7.34. The fourth-order valence-electron chi connectivity index (χ4n) is 1.36. The summed E-state index contributed by atoms with van der Waals surface area (Å²) in [5.41, 5.74) is 5.65. The first kappa shape index (κ1) is 12.3. The van der Waals surface area contributed by atoms with E-state index in [0.29, 0.717) is 0 Å². The Labute approximate surface area is 90.9 Å². The van der Waals surface area contributed by atoms with Crippen LogP contribution in [-0.4, -0.2) is 21.3 Å². The van der Waals surface area contributed by atoms with E-state index in [9.17, 15) is 19.4 Å². The second-order valence-electron chi connectivity index (χ2n) is 3.50. The van der Waals surface area contributed by atoms with Gasteiger partial charge in [-0.2, -0.15) is 4.39 Å². The molecule has 0 aliphatic heterocycles. The number of nitrogens with two attached hydrogens (primary N) is 1. The van der Waals surface area contributed by atoms with Crippen molar-refractivity contribution in [1.82, 2.24) is 0 Å². The van der Waals surface area contributed by atoms with Gasteiger partial charge in [0.25, 0.3) is 0 Å². The van der Waals surface area contributed by atoms with E-state index in [0.717, 1.165) is 0 Å². The first-order valence-electron chi connectivity index (χ1n) is 4.53. The third-order valence-corrected chi connectivity index (χ3v) is 2.23. The molecule has 1 atom stereocenters. The van der Waals surface area contributed by atoms with E-state index < -0.39 is 35.7 Å². The number of hydrogen-bond donors (Lipinski definition) is 4. The van der Waals surface area contributed by atoms with Gasteiger partial charge in [-0.15, -0.1) is 0 Å². The van der Waals surface area contributed by atoms with E-state index in [1.165, 1.54) is 13.0 Å². The molecule has 5 nitrogen and oxygen atoms in total. The number of aromatic hydroxyl groups is 2. The predicted molar refractivity (Wildman–Crippen MR) is 53.6 cm³/mol. The Kier molecular flexibility index (Phi) is 3.34. The Balaban J connectivity index is 3.19. The summed E-state index contributed by atoms with van der Waals surface area (Å²) in [6, 6.07) is 0.243. The SMILES string of the molecule is Cc1cc(C(N)CC(=O)O)c(O)c(F)c1O. The van der Waals surface area contributed by atoms with Crippen molar-refractivity contribution in [3.05, 3.63) is 23.0 Å². The van der Waals surface area contributed by atoms with Gasteiger partial charge in [0.2, 0.25) is 5.82 Å². The number of benzene rings is 1. The molecule has 1 aromatic carbocycles. The van der Waals surface area contributed by atoms with Crippen LogP contribution in [0.3, 0.4) is 0 Å². The third-order valence-electron chi connectivity index (χ3n) is 2.23. The molecule has 5 N–H and O–H groups in total. The number of hydrogen-bond acceptors (Lipinski definition) is 4. The van der Waals surface area contributed by atoms with Gasteiger partial charge in [-0.3, -0.25) is 4.79 Å². The molecule has 0 radical (unpaired) electrons. The smallest absolute Gasteiger partial charge is 0.305 e. The molecule has 0 fully saturated rings. The molecule has 0 heterocycles. The topological polar surface area (TPSA) is 104 Å². The maximum atomic E-state index is 13.2. The molecule has 1 aromatic rings. The van der Waals surface area contributed by atoms with Gasteiger partial charge in [0.15, 0.2) is 11.5 Å². The Hall–Kier alpha value is -1.82. The number of halogens is 1. The molecule has 0 saturated heterocycles. The maximum Gasteiger partial charge on any atom is 0.305 e. The van der Waals surface area contributed by atoms with Crippen LogP contribution in [0.4, 0.5) is 4.39 Å². The summed E-state index contributed by atoms with van der Waals surface area (Å²) >= 11 is 0. The molecule has 16 heavy (non-hydrogen) atoms. The van der Waals surface area contributed by atoms with Crippen molar-refractivity contribution in [2.45, 2.75) is 19.4 Å². The van der Waals surface area contributed by atoms with E-state index in [4.69, 9.17) is 10.8 Å². The molecule has 88 valence electrons. The summed E-state index contributed by atoms with van der Waals surface area (Å²) in [7, 11) is 0. The highest BCUT2D eigenvalue weighted by Gasteiger charge is 2.21. The van der Waals surface area contributed by atoms with E-state index in [1.54, 1.807) is 0 Å². The number of aryl methyl sites for hydroxylation is 1. The molecular weight excluding hydrogens is 217 g/mol. The summed E-state index contributed by atoms with van der Waals surface area (Å²) in [5.74, 6) is -3.81. The lowest BCUT2D eigenvalue weighted by atomic mass is 10.0. The predicted octanol–water partition coefficient (Wildman–Crippen LogP) is 1.02. The number of carbonyl (C=O) groups is 1. The summed E-state index contributed by atoms with van der Waals surface area (Å²) < 4.78 is 13.2. The van der Waals surface area contributed by atoms with Crippen LogP contribution in [0, 0.1) is 12.7 Å². The lowest BCUT2D eigenvalue weighted by Gasteiger charge is -2.14. The van der Waals surface area contributed by atoms with Gasteiger partial charge in [0.1, 0.15) is 0 Å². The fourth-order valence-corrected chi connectivity index (χ4v) is 1.36. The van der Waals surface area contributed by atoms with Crippen LogP contribution in [0.1, 0.15) is 23.6 Å². The van der Waals surface area contributed by atoms with E-state index in [-0.39, 0.29) is 11.1 Å². The number of aliphatic carboxylic acids is 1. The van der Waals surface area contributed by atoms with Crippen molar-refractivity contribution in [2.75, 3.05) is 0 Å². The monoisotopic (exact) mass is 229 g/mol. The second kappa shape index (κ2) is 4.36. The fraction of sp³-hybridized carbons (Fsp3) is 0.300. The highest BCUT2D eigenvalue weighted by atomic mass is 19.1. The molecule has 1 unspecified atom stereocenters. The van der Waals surface area contributed by atoms with Crippen molar-refractivity contribution >= 4 is 5.97 Å². The van der Waals surface area contributed by atoms with Crippen molar-refractivity contribution in [3.63, 3.8) is 0 Å². The summed E-state index contributed by atoms with van der Waals surface area (Å²) in [6.45, 7) is 1.43. The molecule has 0 aliphatic carbocycles. The van der Waals surface area contributed by atoms with Crippen LogP contribution in [0.25, 0.3) is 0 Å². The minimum atomic E-state index is -1.18. The van der Waals surface area contributed by atoms with E-state index in [1.807, 2.05) is 0 Å². The quantitative estimate of drug-likeness (QED) is 0.619. The normalized spacial score (nSPS) is 12.4. The van der Waals surface area contributed by atoms with Crippen LogP contribution in [-0.2, 0) is 4.79 Å². The van der Waals surface area contributed by atoms with Crippen LogP contribution in [0.15, 0.2) is 6.07 Å². The molecule has 0 spiro atoms. The number of carboxylic acids is 1. The number of phenolic OH excluding ortho intramolecular Hbond substituents is 2. The molecule has 0 saturated carbocycles. The van der Waals surface area contributed by atoms with Gasteiger partial charge < -0.3 is 21.1 Å². The zero-order valence-corrected chi connectivity index (χ0v) is 8.57. The van der Waals surface area contributed by atoms with Crippen molar-refractivity contribution in [1.29, 1.82) is 0 Å². The molecule has 6 heteroatoms. The first-order valence-corrected chi connectivity index (χ1v) is 4.53. The van der Waals surface area contributed by atoms with Gasteiger partial charge in [-0.25, -0.2) is 0 Å². The molecule has 0 aromatic heterocycles. The lowest BCUT2D eigenvalue weighted by molar-refractivity contribution is -0.137. The third kappa shape index (κ3) is 2.22. The Morgan fingerprint density at radius 2 is 2.06 bits per heavy atom. The van der Waals surface area contributed by atoms with Crippen LogP contribution >= 0.6 is 0 Å². The minimum Gasteiger partial charge on any atom is -0.505 e. The van der Waals surface area contributed by atoms with Crippen LogP contribution < -0.4 is 5.73 Å². The van der Waals surface area contributed by atoms with Gasteiger partial charge >= 0.3 is 5.97 Å². The van der Waals surface area contributed by atoms with Crippen molar-refractivity contribution in [3.8, 4) is 11.5 Å². The maximum absolute atomic E-state index is 13.2. The molecule has 0 bridgehead atoms. The Morgan fingerprint density at radius 1 is 1.50 bits per heavy atom. The second-order valence-corrected chi connectivity index (χ2v) is 3.50. The standard InChI is InChI=1S/C10H12FNO4/c1-4-2-5(6(12)3-7(13)14)10(16)8(11)9(4)15/h2,6,15-16H,3,12H2,1H3,(H,13,14). The minimum absolute atomic E-state index is 0.0322. The van der Waals surface area contributed by atoms with Gasteiger partial charge in [0, 0.05) is 11.6 Å². The lowest BCUT2D eigenvalue weighted by Crippen LogP contribution is -2.15. The van der Waals surface area contributed by atoms with Gasteiger partial charge in [0.05, 0.1) is 6.42 Å². The molecule has 0 amide bonds. The summed E-state index contributed by atoms with van der Waals surface area (Å²) in [4.78, 5) is 10.4. The Morgan fingerprint density at radius 3 is 2.56 bits per heavy atom. The zero-order valence-electron chi connectivity index (χ0n) is 8.57. The molecular formula is C10H12FNO4. The van der Waals surface area contributed by atoms with Gasteiger partial charge in [-0.05, 0) is 18.6 Å². The van der Waals surface area contributed by atoms with Crippen LogP contribution in [0.5, 0.6) is 11.5 Å². The number of rotatable bonds is 3. The Bertz CT molecular complexity index is 433. The largest absolute Gasteiger partial charge is 0.505 e. The molecule has 0 aliphatic rings. The number of carboxylic acid groups (broad SMARTS) is 1. The highest BCUT2D eigenvalue weighted by Crippen LogP contribution is 2.35. The average Bonchev–Trinajstić information content (AvgIpc) is 2.19. The molecule has 1 rings (SSSR count). The average molecular weight is 229 g/mol. The van der Waals surface area contributed by atoms with Crippen molar-refractivity contribution < 1.29 is 24.5 Å².